The Bertz CT molecular complexity index is 490. The molecule has 0 unspecified atom stereocenters. The first-order valence-corrected chi connectivity index (χ1v) is 5.64. The van der Waals surface area contributed by atoms with Gasteiger partial charge in [-0.05, 0) is 13.0 Å². The number of nitrogens with two attached hydrogens (primary N) is 1. The van der Waals surface area contributed by atoms with Crippen molar-refractivity contribution in [3.63, 3.8) is 0 Å². The number of primary sulfonamides is 1. The molecule has 0 aromatic carbocycles. The third-order valence-corrected chi connectivity index (χ3v) is 2.93. The monoisotopic (exact) mass is 256 g/mol. The van der Waals surface area contributed by atoms with Gasteiger partial charge >= 0.3 is 0 Å². The van der Waals surface area contributed by atoms with Crippen LogP contribution in [-0.2, 0) is 10.0 Å². The zero-order valence-corrected chi connectivity index (χ0v) is 9.11. The van der Waals surface area contributed by atoms with Gasteiger partial charge in [0.05, 0.1) is 5.02 Å². The van der Waals surface area contributed by atoms with Gasteiger partial charge in [-0.1, -0.05) is 11.6 Å². The maximum atomic E-state index is 12.4. The molecule has 0 aliphatic rings. The van der Waals surface area contributed by atoms with Gasteiger partial charge in [-0.2, -0.15) is 0 Å². The van der Waals surface area contributed by atoms with Crippen molar-refractivity contribution >= 4 is 21.6 Å². The Morgan fingerprint density at radius 2 is 2.07 bits per heavy atom. The molecule has 84 valence electrons. The molecule has 0 spiro atoms. The third kappa shape index (κ3) is 2.61. The molecule has 1 aromatic heterocycles. The maximum absolute atomic E-state index is 12.4. The quantitative estimate of drug-likeness (QED) is 0.874. The van der Waals surface area contributed by atoms with Crippen molar-refractivity contribution in [1.82, 2.24) is 4.98 Å². The largest absolute Gasteiger partial charge is 0.265 e. The summed E-state index contributed by atoms with van der Waals surface area (Å²) in [5.41, 5.74) is -0.480. The van der Waals surface area contributed by atoms with Crippen LogP contribution in [0.3, 0.4) is 0 Å². The average molecular weight is 257 g/mol. The lowest BCUT2D eigenvalue weighted by Crippen LogP contribution is -2.16. The molecule has 0 fully saturated rings. The third-order valence-electron chi connectivity index (χ3n) is 1.59. The molecule has 2 N–H and O–H groups in total. The minimum absolute atomic E-state index is 0.110. The number of nitrogens with zero attached hydrogens (tertiary/aromatic N) is 1. The predicted octanol–water partition coefficient (Wildman–Crippen LogP) is 1.63. The SMILES string of the molecule is Cc1cc(C(F)F)c(Cl)c(S(N)(=O)=O)n1. The van der Waals surface area contributed by atoms with Gasteiger partial charge in [0.2, 0.25) is 0 Å². The van der Waals surface area contributed by atoms with Crippen LogP contribution in [0.4, 0.5) is 8.78 Å². The lowest BCUT2D eigenvalue weighted by Gasteiger charge is -2.07. The molecule has 0 amide bonds. The summed E-state index contributed by atoms with van der Waals surface area (Å²) < 4.78 is 46.8. The topological polar surface area (TPSA) is 73.1 Å². The van der Waals surface area contributed by atoms with E-state index in [1.165, 1.54) is 6.92 Å². The molecule has 1 rings (SSSR count). The highest BCUT2D eigenvalue weighted by atomic mass is 35.5. The van der Waals surface area contributed by atoms with E-state index in [9.17, 15) is 17.2 Å². The second kappa shape index (κ2) is 3.99. The van der Waals surface area contributed by atoms with E-state index in [0.29, 0.717) is 0 Å². The Labute approximate surface area is 90.1 Å². The minimum Gasteiger partial charge on any atom is -0.239 e. The van der Waals surface area contributed by atoms with E-state index in [-0.39, 0.29) is 5.69 Å². The predicted molar refractivity (Wildman–Crippen MR) is 50.3 cm³/mol. The molecule has 8 heteroatoms. The molecule has 0 saturated heterocycles. The normalized spacial score (nSPS) is 12.1. The Balaban J connectivity index is 3.56. The van der Waals surface area contributed by atoms with Crippen LogP contribution in [0, 0.1) is 6.92 Å². The fourth-order valence-electron chi connectivity index (χ4n) is 1.00. The summed E-state index contributed by atoms with van der Waals surface area (Å²) in [6.07, 6.45) is -2.88. The summed E-state index contributed by atoms with van der Waals surface area (Å²) in [6.45, 7) is 1.37. The first-order valence-electron chi connectivity index (χ1n) is 3.71. The number of hydrogen-bond acceptors (Lipinski definition) is 3. The van der Waals surface area contributed by atoms with Gasteiger partial charge in [0.25, 0.3) is 16.4 Å². The number of sulfonamides is 1. The second-order valence-electron chi connectivity index (χ2n) is 2.82. The molecule has 0 aliphatic carbocycles. The van der Waals surface area contributed by atoms with E-state index in [2.05, 4.69) is 4.98 Å². The summed E-state index contributed by atoms with van der Waals surface area (Å²) >= 11 is 5.46. The highest BCUT2D eigenvalue weighted by molar-refractivity contribution is 7.89. The number of pyridine rings is 1. The Kier molecular flexibility index (Phi) is 3.27. The van der Waals surface area contributed by atoms with E-state index < -0.39 is 32.1 Å². The maximum Gasteiger partial charge on any atom is 0.265 e. The molecular weight excluding hydrogens is 250 g/mol. The van der Waals surface area contributed by atoms with E-state index in [4.69, 9.17) is 16.7 Å². The van der Waals surface area contributed by atoms with Crippen molar-refractivity contribution in [3.8, 4) is 0 Å². The van der Waals surface area contributed by atoms with Gasteiger partial charge in [-0.25, -0.2) is 27.3 Å². The first kappa shape index (κ1) is 12.3. The molecule has 0 aliphatic heterocycles. The van der Waals surface area contributed by atoms with Crippen molar-refractivity contribution < 1.29 is 17.2 Å². The zero-order chi connectivity index (χ0) is 11.8. The Morgan fingerprint density at radius 3 is 2.47 bits per heavy atom. The molecular formula is C7H7ClF2N2O2S. The number of alkyl halides is 2. The summed E-state index contributed by atoms with van der Waals surface area (Å²) in [5, 5.41) is 3.43. The molecule has 0 bridgehead atoms. The van der Waals surface area contributed by atoms with Gasteiger partial charge in [0, 0.05) is 11.3 Å². The number of hydrogen-bond donors (Lipinski definition) is 1. The molecule has 0 atom stereocenters. The highest BCUT2D eigenvalue weighted by Crippen LogP contribution is 2.31. The van der Waals surface area contributed by atoms with Crippen LogP contribution in [0.1, 0.15) is 17.7 Å². The van der Waals surface area contributed by atoms with E-state index in [1.807, 2.05) is 0 Å². The van der Waals surface area contributed by atoms with Crippen molar-refractivity contribution in [2.24, 2.45) is 5.14 Å². The molecule has 15 heavy (non-hydrogen) atoms. The molecule has 4 nitrogen and oxygen atoms in total. The van der Waals surface area contributed by atoms with Crippen molar-refractivity contribution in [2.45, 2.75) is 18.4 Å². The van der Waals surface area contributed by atoms with Crippen LogP contribution in [-0.4, -0.2) is 13.4 Å². The summed E-state index contributed by atoms with van der Waals surface area (Å²) in [6, 6.07) is 1.02. The smallest absolute Gasteiger partial charge is 0.239 e. The van der Waals surface area contributed by atoms with Gasteiger partial charge < -0.3 is 0 Å². The zero-order valence-electron chi connectivity index (χ0n) is 7.54. The lowest BCUT2D eigenvalue weighted by molar-refractivity contribution is 0.151. The average Bonchev–Trinajstić information content (AvgIpc) is 2.06. The molecule has 1 heterocycles. The van der Waals surface area contributed by atoms with Crippen molar-refractivity contribution in [3.05, 3.63) is 22.3 Å². The standard InChI is InChI=1S/C7H7ClF2N2O2S/c1-3-2-4(6(9)10)5(8)7(12-3)15(11,13)14/h2,6H,1H3,(H2,11,13,14). The van der Waals surface area contributed by atoms with Crippen LogP contribution in [0.25, 0.3) is 0 Å². The molecule has 0 radical (unpaired) electrons. The number of halogens is 3. The van der Waals surface area contributed by atoms with Crippen LogP contribution in [0.5, 0.6) is 0 Å². The molecule has 0 saturated carbocycles. The van der Waals surface area contributed by atoms with E-state index >= 15 is 0 Å². The molecule has 1 aromatic rings. The second-order valence-corrected chi connectivity index (χ2v) is 4.67. The van der Waals surface area contributed by atoms with Crippen molar-refractivity contribution in [2.75, 3.05) is 0 Å². The highest BCUT2D eigenvalue weighted by Gasteiger charge is 2.22. The minimum atomic E-state index is -4.19. The number of rotatable bonds is 2. The van der Waals surface area contributed by atoms with Gasteiger partial charge in [-0.3, -0.25) is 0 Å². The summed E-state index contributed by atoms with van der Waals surface area (Å²) in [5.74, 6) is 0. The summed E-state index contributed by atoms with van der Waals surface area (Å²) in [4.78, 5) is 3.51. The lowest BCUT2D eigenvalue weighted by atomic mass is 10.2. The van der Waals surface area contributed by atoms with Crippen LogP contribution < -0.4 is 5.14 Å². The van der Waals surface area contributed by atoms with E-state index in [0.717, 1.165) is 6.07 Å². The van der Waals surface area contributed by atoms with Crippen LogP contribution in [0.2, 0.25) is 5.02 Å². The van der Waals surface area contributed by atoms with Gasteiger partial charge in [0.1, 0.15) is 0 Å². The number of aromatic nitrogens is 1. The Hall–Kier alpha value is -0.790. The first-order chi connectivity index (χ1) is 6.73. The summed E-state index contributed by atoms with van der Waals surface area (Å²) in [7, 11) is -4.19. The van der Waals surface area contributed by atoms with Crippen LogP contribution >= 0.6 is 11.6 Å². The van der Waals surface area contributed by atoms with Crippen LogP contribution in [0.15, 0.2) is 11.1 Å². The fourth-order valence-corrected chi connectivity index (χ4v) is 2.14. The number of aryl methyl sites for hydroxylation is 1. The Morgan fingerprint density at radius 1 is 1.53 bits per heavy atom. The van der Waals surface area contributed by atoms with Gasteiger partial charge in [-0.15, -0.1) is 0 Å². The van der Waals surface area contributed by atoms with Gasteiger partial charge in [0.15, 0.2) is 5.03 Å². The van der Waals surface area contributed by atoms with E-state index in [1.54, 1.807) is 0 Å². The van der Waals surface area contributed by atoms with Crippen molar-refractivity contribution in [1.29, 1.82) is 0 Å². The fraction of sp³-hybridized carbons (Fsp3) is 0.286.